The van der Waals surface area contributed by atoms with E-state index in [1.165, 1.54) is 17.4 Å². The first-order chi connectivity index (χ1) is 9.88. The fourth-order valence-electron chi connectivity index (χ4n) is 1.78. The summed E-state index contributed by atoms with van der Waals surface area (Å²) in [5.41, 5.74) is 0.211. The Morgan fingerprint density at radius 1 is 1.43 bits per heavy atom. The second kappa shape index (κ2) is 6.87. The minimum absolute atomic E-state index is 0.0997. The molecule has 112 valence electrons. The van der Waals surface area contributed by atoms with Crippen molar-refractivity contribution in [1.29, 1.82) is 0 Å². The SMILES string of the molecule is C[C@@H](O)c1cc(Br)cc([N+](=O)[O-])c1OCc1ccc(Br)s1. The van der Waals surface area contributed by atoms with Gasteiger partial charge in [0.1, 0.15) is 6.61 Å². The molecule has 0 aliphatic heterocycles. The molecule has 21 heavy (non-hydrogen) atoms. The van der Waals surface area contributed by atoms with Crippen LogP contribution in [0.25, 0.3) is 0 Å². The third-order valence-electron chi connectivity index (χ3n) is 2.70. The van der Waals surface area contributed by atoms with Crippen molar-refractivity contribution in [3.8, 4) is 5.75 Å². The van der Waals surface area contributed by atoms with Crippen molar-refractivity contribution in [2.75, 3.05) is 0 Å². The number of ether oxygens (including phenoxy) is 1. The van der Waals surface area contributed by atoms with Gasteiger partial charge in [0.25, 0.3) is 0 Å². The average molecular weight is 437 g/mol. The van der Waals surface area contributed by atoms with Crippen LogP contribution in [0.4, 0.5) is 5.69 Å². The molecule has 1 aromatic carbocycles. The largest absolute Gasteiger partial charge is 0.481 e. The molecule has 2 aromatic rings. The van der Waals surface area contributed by atoms with E-state index in [0.29, 0.717) is 10.0 Å². The average Bonchev–Trinajstić information content (AvgIpc) is 2.81. The van der Waals surface area contributed by atoms with Gasteiger partial charge in [0, 0.05) is 21.0 Å². The lowest BCUT2D eigenvalue weighted by Gasteiger charge is -2.13. The van der Waals surface area contributed by atoms with Crippen molar-refractivity contribution < 1.29 is 14.8 Å². The number of aliphatic hydroxyl groups is 1. The van der Waals surface area contributed by atoms with E-state index in [1.54, 1.807) is 13.0 Å². The number of aliphatic hydroxyl groups excluding tert-OH is 1. The summed E-state index contributed by atoms with van der Waals surface area (Å²) >= 11 is 8.05. The van der Waals surface area contributed by atoms with E-state index >= 15 is 0 Å². The van der Waals surface area contributed by atoms with Crippen molar-refractivity contribution >= 4 is 48.9 Å². The Hall–Kier alpha value is -0.960. The molecular formula is C13H11Br2NO4S. The highest BCUT2D eigenvalue weighted by atomic mass is 79.9. The lowest BCUT2D eigenvalue weighted by molar-refractivity contribution is -0.386. The van der Waals surface area contributed by atoms with Crippen LogP contribution in [0.15, 0.2) is 32.5 Å². The van der Waals surface area contributed by atoms with E-state index in [0.717, 1.165) is 8.66 Å². The van der Waals surface area contributed by atoms with Gasteiger partial charge in [-0.2, -0.15) is 0 Å². The maximum absolute atomic E-state index is 11.2. The first kappa shape index (κ1) is 16.4. The highest BCUT2D eigenvalue weighted by molar-refractivity contribution is 9.11. The van der Waals surface area contributed by atoms with Crippen molar-refractivity contribution in [1.82, 2.24) is 0 Å². The second-order valence-corrected chi connectivity index (χ2v) is 7.73. The van der Waals surface area contributed by atoms with Crippen LogP contribution >= 0.6 is 43.2 Å². The number of thiophene rings is 1. The monoisotopic (exact) mass is 435 g/mol. The Morgan fingerprint density at radius 2 is 2.14 bits per heavy atom. The molecular weight excluding hydrogens is 426 g/mol. The van der Waals surface area contributed by atoms with Gasteiger partial charge in [-0.3, -0.25) is 10.1 Å². The van der Waals surface area contributed by atoms with Gasteiger partial charge in [-0.25, -0.2) is 0 Å². The maximum atomic E-state index is 11.2. The third-order valence-corrected chi connectivity index (χ3v) is 4.75. The van der Waals surface area contributed by atoms with Crippen molar-refractivity contribution in [2.45, 2.75) is 19.6 Å². The number of hydrogen-bond acceptors (Lipinski definition) is 5. The minimum atomic E-state index is -0.869. The number of nitro benzene ring substituents is 1. The molecule has 0 aliphatic rings. The molecule has 0 saturated carbocycles. The highest BCUT2D eigenvalue weighted by Crippen LogP contribution is 2.38. The van der Waals surface area contributed by atoms with Gasteiger partial charge in [0.2, 0.25) is 5.75 Å². The predicted molar refractivity (Wildman–Crippen MR) is 87.8 cm³/mol. The van der Waals surface area contributed by atoms with Crippen LogP contribution in [0.3, 0.4) is 0 Å². The fourth-order valence-corrected chi connectivity index (χ4v) is 3.64. The summed E-state index contributed by atoms with van der Waals surface area (Å²) in [5, 5.41) is 21.0. The van der Waals surface area contributed by atoms with E-state index in [2.05, 4.69) is 31.9 Å². The standard InChI is InChI=1S/C13H11Br2NO4S/c1-7(17)10-4-8(14)5-11(16(18)19)13(10)20-6-9-2-3-12(15)21-9/h2-5,7,17H,6H2,1H3/t7-/m1/s1. The van der Waals surface area contributed by atoms with E-state index < -0.39 is 11.0 Å². The van der Waals surface area contributed by atoms with Gasteiger partial charge in [-0.15, -0.1) is 11.3 Å². The summed E-state index contributed by atoms with van der Waals surface area (Å²) in [7, 11) is 0. The van der Waals surface area contributed by atoms with Crippen LogP contribution < -0.4 is 4.74 Å². The Balaban J connectivity index is 2.37. The third kappa shape index (κ3) is 4.03. The molecule has 0 radical (unpaired) electrons. The van der Waals surface area contributed by atoms with E-state index in [1.807, 2.05) is 12.1 Å². The van der Waals surface area contributed by atoms with Crippen LogP contribution in [0.2, 0.25) is 0 Å². The number of nitro groups is 1. The van der Waals surface area contributed by atoms with Crippen LogP contribution in [0.5, 0.6) is 5.75 Å². The van der Waals surface area contributed by atoms with Crippen molar-refractivity contribution in [3.63, 3.8) is 0 Å². The molecule has 0 unspecified atom stereocenters. The number of halogens is 2. The Bertz CT molecular complexity index is 672. The molecule has 1 atom stereocenters. The number of rotatable bonds is 5. The van der Waals surface area contributed by atoms with Crippen molar-refractivity contribution in [2.24, 2.45) is 0 Å². The van der Waals surface area contributed by atoms with Crippen LogP contribution in [-0.2, 0) is 6.61 Å². The molecule has 0 saturated heterocycles. The van der Waals surface area contributed by atoms with Crippen molar-refractivity contribution in [3.05, 3.63) is 53.1 Å². The lowest BCUT2D eigenvalue weighted by Crippen LogP contribution is -2.04. The smallest absolute Gasteiger partial charge is 0.312 e. The first-order valence-corrected chi connectivity index (χ1v) is 8.31. The highest BCUT2D eigenvalue weighted by Gasteiger charge is 2.23. The van der Waals surface area contributed by atoms with E-state index in [9.17, 15) is 15.2 Å². The molecule has 0 fully saturated rings. The van der Waals surface area contributed by atoms with Gasteiger partial charge in [0.15, 0.2) is 0 Å². The minimum Gasteiger partial charge on any atom is -0.481 e. The predicted octanol–water partition coefficient (Wildman–Crippen LogP) is 4.81. The zero-order chi connectivity index (χ0) is 15.6. The van der Waals surface area contributed by atoms with Crippen LogP contribution in [0, 0.1) is 10.1 Å². The fraction of sp³-hybridized carbons (Fsp3) is 0.231. The molecule has 1 N–H and O–H groups in total. The molecule has 0 amide bonds. The summed E-state index contributed by atoms with van der Waals surface area (Å²) < 4.78 is 7.10. The van der Waals surface area contributed by atoms with Crippen LogP contribution in [-0.4, -0.2) is 10.0 Å². The van der Waals surface area contributed by atoms with Gasteiger partial charge < -0.3 is 9.84 Å². The maximum Gasteiger partial charge on any atom is 0.312 e. The molecule has 1 aromatic heterocycles. The summed E-state index contributed by atoms with van der Waals surface area (Å²) in [6, 6.07) is 6.75. The normalized spacial score (nSPS) is 12.2. The van der Waals surface area contributed by atoms with Gasteiger partial charge in [-0.05, 0) is 41.1 Å². The number of benzene rings is 1. The van der Waals surface area contributed by atoms with Gasteiger partial charge >= 0.3 is 5.69 Å². The summed E-state index contributed by atoms with van der Waals surface area (Å²) in [5.74, 6) is 0.0997. The van der Waals surface area contributed by atoms with Gasteiger partial charge in [0.05, 0.1) is 14.8 Å². The summed E-state index contributed by atoms with van der Waals surface area (Å²) in [6.07, 6.45) is -0.869. The first-order valence-electron chi connectivity index (χ1n) is 5.91. The molecule has 8 heteroatoms. The Kier molecular flexibility index (Phi) is 5.37. The molecule has 0 spiro atoms. The number of hydrogen-bond donors (Lipinski definition) is 1. The zero-order valence-corrected chi connectivity index (χ0v) is 14.9. The molecule has 5 nitrogen and oxygen atoms in total. The Morgan fingerprint density at radius 3 is 2.67 bits per heavy atom. The van der Waals surface area contributed by atoms with Crippen LogP contribution in [0.1, 0.15) is 23.5 Å². The zero-order valence-electron chi connectivity index (χ0n) is 10.9. The van der Waals surface area contributed by atoms with Gasteiger partial charge in [-0.1, -0.05) is 15.9 Å². The molecule has 1 heterocycles. The number of nitrogens with zero attached hydrogens (tertiary/aromatic N) is 1. The summed E-state index contributed by atoms with van der Waals surface area (Å²) in [6.45, 7) is 1.75. The lowest BCUT2D eigenvalue weighted by atomic mass is 10.1. The van der Waals surface area contributed by atoms with E-state index in [4.69, 9.17) is 4.74 Å². The topological polar surface area (TPSA) is 72.6 Å². The molecule has 0 aliphatic carbocycles. The molecule has 0 bridgehead atoms. The van der Waals surface area contributed by atoms with E-state index in [-0.39, 0.29) is 18.0 Å². The molecule has 2 rings (SSSR count). The summed E-state index contributed by atoms with van der Waals surface area (Å²) in [4.78, 5) is 11.6. The quantitative estimate of drug-likeness (QED) is 0.538. The second-order valence-electron chi connectivity index (χ2n) is 4.27. The Labute approximate surface area is 142 Å².